The second kappa shape index (κ2) is 7.44. The van der Waals surface area contributed by atoms with Crippen LogP contribution in [0.2, 0.25) is 0 Å². The average Bonchev–Trinajstić information content (AvgIpc) is 2.26. The van der Waals surface area contributed by atoms with Crippen molar-refractivity contribution in [1.82, 2.24) is 0 Å². The number of carbonyl (C=O) groups is 1. The SMILES string of the molecule is CCOC(=O)CC(C)CC(N)c1c(C)cc(C)cc1C. The molecule has 0 spiro atoms. The topological polar surface area (TPSA) is 52.3 Å². The summed E-state index contributed by atoms with van der Waals surface area (Å²) in [5, 5.41) is 0. The molecule has 112 valence electrons. The number of aryl methyl sites for hydroxylation is 3. The van der Waals surface area contributed by atoms with Gasteiger partial charge in [0.25, 0.3) is 0 Å². The van der Waals surface area contributed by atoms with Gasteiger partial charge in [-0.1, -0.05) is 24.6 Å². The Labute approximate surface area is 122 Å². The van der Waals surface area contributed by atoms with Gasteiger partial charge in [-0.25, -0.2) is 0 Å². The molecule has 0 radical (unpaired) electrons. The fraction of sp³-hybridized carbons (Fsp3) is 0.588. The van der Waals surface area contributed by atoms with Crippen molar-refractivity contribution >= 4 is 5.97 Å². The highest BCUT2D eigenvalue weighted by Gasteiger charge is 2.18. The number of benzene rings is 1. The second-order valence-electron chi connectivity index (χ2n) is 5.77. The molecule has 2 atom stereocenters. The Morgan fingerprint density at radius 3 is 2.30 bits per heavy atom. The van der Waals surface area contributed by atoms with E-state index in [1.165, 1.54) is 22.3 Å². The molecule has 0 aliphatic carbocycles. The summed E-state index contributed by atoms with van der Waals surface area (Å²) < 4.78 is 4.98. The Morgan fingerprint density at radius 1 is 1.25 bits per heavy atom. The summed E-state index contributed by atoms with van der Waals surface area (Å²) in [7, 11) is 0. The number of nitrogens with two attached hydrogens (primary N) is 1. The number of esters is 1. The summed E-state index contributed by atoms with van der Waals surface area (Å²) in [5.41, 5.74) is 11.3. The Balaban J connectivity index is 2.71. The van der Waals surface area contributed by atoms with Crippen molar-refractivity contribution in [3.05, 3.63) is 34.4 Å². The predicted octanol–water partition coefficient (Wildman–Crippen LogP) is 3.59. The largest absolute Gasteiger partial charge is 0.466 e. The Kier molecular flexibility index (Phi) is 6.21. The number of hydrogen-bond donors (Lipinski definition) is 1. The van der Waals surface area contributed by atoms with Crippen LogP contribution in [0.1, 0.15) is 55.0 Å². The van der Waals surface area contributed by atoms with Crippen LogP contribution in [-0.4, -0.2) is 12.6 Å². The van der Waals surface area contributed by atoms with E-state index < -0.39 is 0 Å². The number of carbonyl (C=O) groups excluding carboxylic acids is 1. The van der Waals surface area contributed by atoms with Crippen molar-refractivity contribution in [2.45, 2.75) is 53.5 Å². The summed E-state index contributed by atoms with van der Waals surface area (Å²) in [6, 6.07) is 4.30. The zero-order valence-electron chi connectivity index (χ0n) is 13.3. The Hall–Kier alpha value is -1.35. The van der Waals surface area contributed by atoms with E-state index in [1.54, 1.807) is 0 Å². The number of hydrogen-bond acceptors (Lipinski definition) is 3. The summed E-state index contributed by atoms with van der Waals surface area (Å²) in [5.74, 6) is 0.0914. The number of rotatable bonds is 6. The highest BCUT2D eigenvalue weighted by atomic mass is 16.5. The predicted molar refractivity (Wildman–Crippen MR) is 82.6 cm³/mol. The highest BCUT2D eigenvalue weighted by Crippen LogP contribution is 2.27. The summed E-state index contributed by atoms with van der Waals surface area (Å²) in [6.07, 6.45) is 1.23. The normalized spacial score (nSPS) is 13.9. The molecule has 0 heterocycles. The zero-order chi connectivity index (χ0) is 15.3. The third-order valence-corrected chi connectivity index (χ3v) is 3.59. The van der Waals surface area contributed by atoms with Crippen LogP contribution >= 0.6 is 0 Å². The minimum absolute atomic E-state index is 0.0278. The lowest BCUT2D eigenvalue weighted by molar-refractivity contribution is -0.144. The number of ether oxygens (including phenoxy) is 1. The van der Waals surface area contributed by atoms with Crippen molar-refractivity contribution in [3.63, 3.8) is 0 Å². The van der Waals surface area contributed by atoms with E-state index in [4.69, 9.17) is 10.5 Å². The van der Waals surface area contributed by atoms with E-state index in [-0.39, 0.29) is 17.9 Å². The first-order valence-electron chi connectivity index (χ1n) is 7.34. The van der Waals surface area contributed by atoms with Gasteiger partial charge >= 0.3 is 5.97 Å². The second-order valence-corrected chi connectivity index (χ2v) is 5.77. The van der Waals surface area contributed by atoms with E-state index in [0.717, 1.165) is 6.42 Å². The van der Waals surface area contributed by atoms with Crippen LogP contribution in [0.5, 0.6) is 0 Å². The molecular weight excluding hydrogens is 250 g/mol. The fourth-order valence-electron chi connectivity index (χ4n) is 2.92. The molecular formula is C17H27NO2. The first kappa shape index (κ1) is 16.7. The van der Waals surface area contributed by atoms with E-state index in [1.807, 2.05) is 6.92 Å². The van der Waals surface area contributed by atoms with Crippen molar-refractivity contribution in [2.24, 2.45) is 11.7 Å². The molecule has 1 rings (SSSR count). The molecule has 1 aromatic rings. The lowest BCUT2D eigenvalue weighted by atomic mass is 9.88. The van der Waals surface area contributed by atoms with Crippen LogP contribution in [-0.2, 0) is 9.53 Å². The Bertz CT molecular complexity index is 445. The fourth-order valence-corrected chi connectivity index (χ4v) is 2.92. The summed E-state index contributed by atoms with van der Waals surface area (Å²) in [6.45, 7) is 10.6. The zero-order valence-corrected chi connectivity index (χ0v) is 13.3. The quantitative estimate of drug-likeness (QED) is 0.808. The van der Waals surface area contributed by atoms with Gasteiger partial charge < -0.3 is 10.5 Å². The maximum absolute atomic E-state index is 11.5. The van der Waals surface area contributed by atoms with Gasteiger partial charge in [0, 0.05) is 12.5 Å². The van der Waals surface area contributed by atoms with Crippen molar-refractivity contribution < 1.29 is 9.53 Å². The smallest absolute Gasteiger partial charge is 0.306 e. The molecule has 2 unspecified atom stereocenters. The minimum Gasteiger partial charge on any atom is -0.466 e. The standard InChI is InChI=1S/C17H27NO2/c1-6-20-16(19)10-12(3)9-15(18)17-13(4)7-11(2)8-14(17)5/h7-8,12,15H,6,9-10,18H2,1-5H3. The van der Waals surface area contributed by atoms with Gasteiger partial charge in [0.05, 0.1) is 6.61 Å². The van der Waals surface area contributed by atoms with E-state index in [0.29, 0.717) is 13.0 Å². The van der Waals surface area contributed by atoms with Gasteiger partial charge in [-0.3, -0.25) is 4.79 Å². The van der Waals surface area contributed by atoms with E-state index in [9.17, 15) is 4.79 Å². The average molecular weight is 277 g/mol. The molecule has 3 nitrogen and oxygen atoms in total. The van der Waals surface area contributed by atoms with Crippen LogP contribution < -0.4 is 5.73 Å². The maximum Gasteiger partial charge on any atom is 0.306 e. The molecule has 0 saturated carbocycles. The summed E-state index contributed by atoms with van der Waals surface area (Å²) in [4.78, 5) is 11.5. The maximum atomic E-state index is 11.5. The first-order valence-corrected chi connectivity index (χ1v) is 7.34. The van der Waals surface area contributed by atoms with E-state index in [2.05, 4.69) is 39.8 Å². The first-order chi connectivity index (χ1) is 9.35. The van der Waals surface area contributed by atoms with Crippen LogP contribution in [0.4, 0.5) is 0 Å². The molecule has 0 bridgehead atoms. The van der Waals surface area contributed by atoms with E-state index >= 15 is 0 Å². The third-order valence-electron chi connectivity index (χ3n) is 3.59. The Morgan fingerprint density at radius 2 is 1.80 bits per heavy atom. The summed E-state index contributed by atoms with van der Waals surface area (Å²) >= 11 is 0. The van der Waals surface area contributed by atoms with Crippen LogP contribution in [0, 0.1) is 26.7 Å². The molecule has 0 aliphatic rings. The minimum atomic E-state index is -0.135. The lowest BCUT2D eigenvalue weighted by Gasteiger charge is -2.21. The van der Waals surface area contributed by atoms with Crippen LogP contribution in [0.25, 0.3) is 0 Å². The highest BCUT2D eigenvalue weighted by molar-refractivity contribution is 5.69. The molecule has 0 amide bonds. The molecule has 0 fully saturated rings. The van der Waals surface area contributed by atoms with Crippen molar-refractivity contribution in [1.29, 1.82) is 0 Å². The van der Waals surface area contributed by atoms with Gasteiger partial charge in [-0.05, 0) is 56.7 Å². The van der Waals surface area contributed by atoms with Crippen molar-refractivity contribution in [2.75, 3.05) is 6.61 Å². The van der Waals surface area contributed by atoms with Gasteiger partial charge in [-0.2, -0.15) is 0 Å². The monoisotopic (exact) mass is 277 g/mol. The van der Waals surface area contributed by atoms with Gasteiger partial charge in [-0.15, -0.1) is 0 Å². The van der Waals surface area contributed by atoms with Crippen LogP contribution in [0.15, 0.2) is 12.1 Å². The van der Waals surface area contributed by atoms with Gasteiger partial charge in [0.1, 0.15) is 0 Å². The van der Waals surface area contributed by atoms with Crippen molar-refractivity contribution in [3.8, 4) is 0 Å². The molecule has 3 heteroatoms. The molecule has 0 saturated heterocycles. The lowest BCUT2D eigenvalue weighted by Crippen LogP contribution is -2.19. The molecule has 0 aromatic heterocycles. The molecule has 1 aromatic carbocycles. The molecule has 0 aliphatic heterocycles. The van der Waals surface area contributed by atoms with Gasteiger partial charge in [0.15, 0.2) is 0 Å². The van der Waals surface area contributed by atoms with Gasteiger partial charge in [0.2, 0.25) is 0 Å². The van der Waals surface area contributed by atoms with Crippen LogP contribution in [0.3, 0.4) is 0 Å². The molecule has 20 heavy (non-hydrogen) atoms. The molecule has 2 N–H and O–H groups in total. The third kappa shape index (κ3) is 4.64.